The molecule has 0 aliphatic carbocycles. The van der Waals surface area contributed by atoms with E-state index < -0.39 is 6.10 Å². The van der Waals surface area contributed by atoms with Crippen LogP contribution in [0.2, 0.25) is 0 Å². The predicted octanol–water partition coefficient (Wildman–Crippen LogP) is 0.781. The first-order valence-electron chi connectivity index (χ1n) is 4.36. The van der Waals surface area contributed by atoms with Crippen LogP contribution < -0.4 is 10.5 Å². The zero-order valence-electron chi connectivity index (χ0n) is 8.27. The molecule has 0 aliphatic heterocycles. The predicted molar refractivity (Wildman–Crippen MR) is 53.3 cm³/mol. The third kappa shape index (κ3) is 2.16. The van der Waals surface area contributed by atoms with E-state index in [-0.39, 0.29) is 11.8 Å². The number of phenols is 1. The van der Waals surface area contributed by atoms with Crippen LogP contribution in [0.15, 0.2) is 18.2 Å². The number of ether oxygens (including phenoxy) is 1. The normalized spacial score (nSPS) is 14.9. The largest absolute Gasteiger partial charge is 0.504 e. The van der Waals surface area contributed by atoms with Crippen molar-refractivity contribution in [2.24, 2.45) is 5.73 Å². The van der Waals surface area contributed by atoms with Gasteiger partial charge in [0, 0.05) is 6.04 Å². The van der Waals surface area contributed by atoms with E-state index in [1.807, 2.05) is 0 Å². The first kappa shape index (κ1) is 10.8. The maximum atomic E-state index is 9.61. The molecule has 0 aliphatic rings. The lowest BCUT2D eigenvalue weighted by molar-refractivity contribution is 0.153. The highest BCUT2D eigenvalue weighted by Crippen LogP contribution is 2.29. The van der Waals surface area contributed by atoms with Crippen LogP contribution in [-0.2, 0) is 0 Å². The Bertz CT molecular complexity index is 312. The average molecular weight is 197 g/mol. The molecule has 2 atom stereocenters. The molecule has 4 nitrogen and oxygen atoms in total. The number of aliphatic hydroxyl groups excluding tert-OH is 1. The van der Waals surface area contributed by atoms with Gasteiger partial charge in [0.15, 0.2) is 11.5 Å². The van der Waals surface area contributed by atoms with Gasteiger partial charge >= 0.3 is 0 Å². The zero-order chi connectivity index (χ0) is 10.7. The topological polar surface area (TPSA) is 75.7 Å². The van der Waals surface area contributed by atoms with Gasteiger partial charge in [0.2, 0.25) is 0 Å². The fourth-order valence-corrected chi connectivity index (χ4v) is 1.19. The number of hydrogen-bond donors (Lipinski definition) is 3. The van der Waals surface area contributed by atoms with Crippen LogP contribution in [0.1, 0.15) is 18.6 Å². The summed E-state index contributed by atoms with van der Waals surface area (Å²) in [7, 11) is 1.47. The Hall–Kier alpha value is -1.26. The van der Waals surface area contributed by atoms with E-state index in [9.17, 15) is 10.2 Å². The first-order chi connectivity index (χ1) is 6.56. The summed E-state index contributed by atoms with van der Waals surface area (Å²) < 4.78 is 4.88. The Balaban J connectivity index is 2.96. The highest BCUT2D eigenvalue weighted by atomic mass is 16.5. The fraction of sp³-hybridized carbons (Fsp3) is 0.400. The summed E-state index contributed by atoms with van der Waals surface area (Å²) in [5.41, 5.74) is 6.11. The first-order valence-corrected chi connectivity index (χ1v) is 4.36. The Labute approximate surface area is 82.9 Å². The molecule has 1 rings (SSSR count). The van der Waals surface area contributed by atoms with Crippen molar-refractivity contribution in [1.82, 2.24) is 0 Å². The highest BCUT2D eigenvalue weighted by Gasteiger charge is 2.14. The minimum absolute atomic E-state index is 0.00435. The summed E-state index contributed by atoms with van der Waals surface area (Å²) in [5, 5.41) is 19.1. The number of phenolic OH excluding ortho intramolecular Hbond substituents is 1. The molecule has 0 fully saturated rings. The number of aromatic hydroxyl groups is 1. The molecule has 1 aromatic rings. The Kier molecular flexibility index (Phi) is 3.33. The summed E-state index contributed by atoms with van der Waals surface area (Å²) in [5.74, 6) is 0.385. The molecule has 2 unspecified atom stereocenters. The van der Waals surface area contributed by atoms with Crippen molar-refractivity contribution in [3.8, 4) is 11.5 Å². The molecule has 4 heteroatoms. The van der Waals surface area contributed by atoms with Gasteiger partial charge in [0.05, 0.1) is 13.2 Å². The van der Waals surface area contributed by atoms with Gasteiger partial charge in [0.25, 0.3) is 0 Å². The Morgan fingerprint density at radius 1 is 1.43 bits per heavy atom. The number of aliphatic hydroxyl groups is 1. The SMILES string of the molecule is COc1ccc(C(O)C(C)N)cc1O. The molecule has 0 radical (unpaired) electrons. The quantitative estimate of drug-likeness (QED) is 0.669. The van der Waals surface area contributed by atoms with Crippen LogP contribution >= 0.6 is 0 Å². The molecule has 1 aromatic carbocycles. The number of methoxy groups -OCH3 is 1. The molecule has 14 heavy (non-hydrogen) atoms. The lowest BCUT2D eigenvalue weighted by Gasteiger charge is -2.15. The van der Waals surface area contributed by atoms with Crippen molar-refractivity contribution in [2.45, 2.75) is 19.1 Å². The van der Waals surface area contributed by atoms with Crippen molar-refractivity contribution in [3.63, 3.8) is 0 Å². The van der Waals surface area contributed by atoms with E-state index in [1.165, 1.54) is 13.2 Å². The fourth-order valence-electron chi connectivity index (χ4n) is 1.19. The van der Waals surface area contributed by atoms with Crippen LogP contribution in [-0.4, -0.2) is 23.4 Å². The third-order valence-corrected chi connectivity index (χ3v) is 2.04. The minimum atomic E-state index is -0.771. The van der Waals surface area contributed by atoms with Crippen LogP contribution in [0.5, 0.6) is 11.5 Å². The number of benzene rings is 1. The molecular weight excluding hydrogens is 182 g/mol. The lowest BCUT2D eigenvalue weighted by Crippen LogP contribution is -2.24. The standard InChI is InChI=1S/C10H15NO3/c1-6(11)10(13)7-3-4-9(14-2)8(12)5-7/h3-6,10,12-13H,11H2,1-2H3. The Morgan fingerprint density at radius 3 is 2.50 bits per heavy atom. The van der Waals surface area contributed by atoms with E-state index in [2.05, 4.69) is 0 Å². The minimum Gasteiger partial charge on any atom is -0.504 e. The molecule has 0 saturated heterocycles. The van der Waals surface area contributed by atoms with Gasteiger partial charge < -0.3 is 20.7 Å². The average Bonchev–Trinajstić information content (AvgIpc) is 2.16. The molecule has 0 heterocycles. The molecule has 0 aromatic heterocycles. The van der Waals surface area contributed by atoms with Gasteiger partial charge in [-0.3, -0.25) is 0 Å². The van der Waals surface area contributed by atoms with Crippen molar-refractivity contribution in [1.29, 1.82) is 0 Å². The van der Waals surface area contributed by atoms with Crippen molar-refractivity contribution < 1.29 is 14.9 Å². The molecule has 0 amide bonds. The Morgan fingerprint density at radius 2 is 2.07 bits per heavy atom. The summed E-state index contributed by atoms with van der Waals surface area (Å²) in [4.78, 5) is 0. The molecule has 4 N–H and O–H groups in total. The zero-order valence-corrected chi connectivity index (χ0v) is 8.27. The third-order valence-electron chi connectivity index (χ3n) is 2.04. The van der Waals surface area contributed by atoms with Crippen LogP contribution in [0.3, 0.4) is 0 Å². The second-order valence-electron chi connectivity index (χ2n) is 3.24. The molecular formula is C10H15NO3. The van der Waals surface area contributed by atoms with Gasteiger partial charge in [-0.05, 0) is 24.6 Å². The van der Waals surface area contributed by atoms with Gasteiger partial charge in [0.1, 0.15) is 0 Å². The van der Waals surface area contributed by atoms with E-state index in [0.717, 1.165) is 0 Å². The molecule has 0 spiro atoms. The van der Waals surface area contributed by atoms with Crippen LogP contribution in [0.4, 0.5) is 0 Å². The molecule has 78 valence electrons. The summed E-state index contributed by atoms with van der Waals surface area (Å²) >= 11 is 0. The van der Waals surface area contributed by atoms with Crippen LogP contribution in [0.25, 0.3) is 0 Å². The van der Waals surface area contributed by atoms with Crippen LogP contribution in [0, 0.1) is 0 Å². The number of rotatable bonds is 3. The summed E-state index contributed by atoms with van der Waals surface area (Å²) in [6.07, 6.45) is -0.771. The summed E-state index contributed by atoms with van der Waals surface area (Å²) in [6.45, 7) is 1.70. The van der Waals surface area contributed by atoms with E-state index in [1.54, 1.807) is 19.1 Å². The van der Waals surface area contributed by atoms with Crippen molar-refractivity contribution in [2.75, 3.05) is 7.11 Å². The molecule has 0 bridgehead atoms. The van der Waals surface area contributed by atoms with Crippen molar-refractivity contribution >= 4 is 0 Å². The van der Waals surface area contributed by atoms with Gasteiger partial charge in [-0.15, -0.1) is 0 Å². The lowest BCUT2D eigenvalue weighted by atomic mass is 10.0. The van der Waals surface area contributed by atoms with E-state index >= 15 is 0 Å². The van der Waals surface area contributed by atoms with E-state index in [4.69, 9.17) is 10.5 Å². The van der Waals surface area contributed by atoms with Gasteiger partial charge in [-0.25, -0.2) is 0 Å². The summed E-state index contributed by atoms with van der Waals surface area (Å²) in [6, 6.07) is 4.35. The molecule has 0 saturated carbocycles. The maximum absolute atomic E-state index is 9.61. The second-order valence-corrected chi connectivity index (χ2v) is 3.24. The highest BCUT2D eigenvalue weighted by molar-refractivity contribution is 5.42. The van der Waals surface area contributed by atoms with Gasteiger partial charge in [-0.2, -0.15) is 0 Å². The van der Waals surface area contributed by atoms with E-state index in [0.29, 0.717) is 11.3 Å². The number of nitrogens with two attached hydrogens (primary N) is 1. The number of hydrogen-bond acceptors (Lipinski definition) is 4. The van der Waals surface area contributed by atoms with Crippen molar-refractivity contribution in [3.05, 3.63) is 23.8 Å². The van der Waals surface area contributed by atoms with Gasteiger partial charge in [-0.1, -0.05) is 6.07 Å². The monoisotopic (exact) mass is 197 g/mol. The maximum Gasteiger partial charge on any atom is 0.160 e. The smallest absolute Gasteiger partial charge is 0.160 e. The second kappa shape index (κ2) is 4.30.